The number of halogens is 1. The monoisotopic (exact) mass is 475 g/mol. The van der Waals surface area contributed by atoms with Crippen molar-refractivity contribution in [1.29, 1.82) is 0 Å². The van der Waals surface area contributed by atoms with Gasteiger partial charge >= 0.3 is 0 Å². The molecule has 0 unspecified atom stereocenters. The molecule has 0 saturated heterocycles. The number of carbonyl (C=O) groups is 2. The number of nitrogens with one attached hydrogen (secondary N) is 3. The zero-order valence-corrected chi connectivity index (χ0v) is 19.3. The zero-order chi connectivity index (χ0) is 24.1. The molecular formula is C26H22ClN3O4. The summed E-state index contributed by atoms with van der Waals surface area (Å²) >= 11 is 6.10. The lowest BCUT2D eigenvalue weighted by Gasteiger charge is -2.14. The molecule has 4 rings (SSSR count). The van der Waals surface area contributed by atoms with E-state index in [0.29, 0.717) is 33.3 Å². The first kappa shape index (κ1) is 22.9. The van der Waals surface area contributed by atoms with Crippen LogP contribution in [-0.2, 0) is 4.79 Å². The van der Waals surface area contributed by atoms with Crippen LogP contribution in [0.1, 0.15) is 15.9 Å². The predicted octanol–water partition coefficient (Wildman–Crippen LogP) is 5.25. The Kier molecular flexibility index (Phi) is 6.85. The minimum atomic E-state index is -0.540. The topological polar surface area (TPSA) is 92.5 Å². The first-order valence-corrected chi connectivity index (χ1v) is 10.7. The van der Waals surface area contributed by atoms with Crippen molar-refractivity contribution < 1.29 is 19.1 Å². The minimum Gasteiger partial charge on any atom is -0.497 e. The van der Waals surface area contributed by atoms with E-state index < -0.39 is 11.8 Å². The Hall–Kier alpha value is -4.23. The fourth-order valence-corrected chi connectivity index (χ4v) is 3.61. The number of benzene rings is 3. The summed E-state index contributed by atoms with van der Waals surface area (Å²) < 4.78 is 10.6. The molecule has 0 radical (unpaired) electrons. The summed E-state index contributed by atoms with van der Waals surface area (Å²) in [5.41, 5.74) is 2.39. The van der Waals surface area contributed by atoms with Gasteiger partial charge in [-0.25, -0.2) is 0 Å². The summed E-state index contributed by atoms with van der Waals surface area (Å²) in [5, 5.41) is 6.77. The lowest BCUT2D eigenvalue weighted by molar-refractivity contribution is -0.113. The van der Waals surface area contributed by atoms with E-state index in [4.69, 9.17) is 21.1 Å². The van der Waals surface area contributed by atoms with Crippen molar-refractivity contribution in [3.05, 3.63) is 94.8 Å². The van der Waals surface area contributed by atoms with Crippen molar-refractivity contribution >= 4 is 46.1 Å². The molecule has 0 saturated carbocycles. The predicted molar refractivity (Wildman–Crippen MR) is 133 cm³/mol. The van der Waals surface area contributed by atoms with E-state index in [1.54, 1.807) is 61.8 Å². The molecule has 1 heterocycles. The zero-order valence-electron chi connectivity index (χ0n) is 18.5. The van der Waals surface area contributed by atoms with Crippen LogP contribution in [-0.4, -0.2) is 31.0 Å². The number of hydrogen-bond donors (Lipinski definition) is 3. The average Bonchev–Trinajstić information content (AvgIpc) is 3.26. The Morgan fingerprint density at radius 2 is 1.76 bits per heavy atom. The summed E-state index contributed by atoms with van der Waals surface area (Å²) in [7, 11) is 3.08. The summed E-state index contributed by atoms with van der Waals surface area (Å²) in [6.45, 7) is 0. The summed E-state index contributed by atoms with van der Waals surface area (Å²) in [6.07, 6.45) is 3.36. The second-order valence-electron chi connectivity index (χ2n) is 7.33. The summed E-state index contributed by atoms with van der Waals surface area (Å²) in [5.74, 6) is 0.146. The normalized spacial score (nSPS) is 11.2. The number of anilines is 1. The van der Waals surface area contributed by atoms with Gasteiger partial charge in [-0.05, 0) is 54.6 Å². The fourth-order valence-electron chi connectivity index (χ4n) is 3.43. The first-order valence-electron chi connectivity index (χ1n) is 10.4. The van der Waals surface area contributed by atoms with Crippen LogP contribution in [0.4, 0.5) is 5.69 Å². The van der Waals surface area contributed by atoms with E-state index in [2.05, 4.69) is 15.6 Å². The Bertz CT molecular complexity index is 1380. The van der Waals surface area contributed by atoms with E-state index in [-0.39, 0.29) is 5.70 Å². The van der Waals surface area contributed by atoms with Crippen LogP contribution < -0.4 is 20.1 Å². The number of aromatic nitrogens is 1. The molecule has 3 aromatic carbocycles. The third kappa shape index (κ3) is 5.05. The van der Waals surface area contributed by atoms with E-state index in [0.717, 1.165) is 10.9 Å². The third-order valence-corrected chi connectivity index (χ3v) is 5.39. The number of aromatic amines is 1. The second-order valence-corrected chi connectivity index (χ2v) is 7.77. The summed E-state index contributed by atoms with van der Waals surface area (Å²) in [4.78, 5) is 29.4. The lowest BCUT2D eigenvalue weighted by atomic mass is 10.1. The van der Waals surface area contributed by atoms with Gasteiger partial charge in [-0.2, -0.15) is 0 Å². The maximum atomic E-state index is 13.3. The third-order valence-electron chi connectivity index (χ3n) is 5.16. The van der Waals surface area contributed by atoms with E-state index in [9.17, 15) is 9.59 Å². The smallest absolute Gasteiger partial charge is 0.272 e. The minimum absolute atomic E-state index is 0.0413. The number of H-pyrrole nitrogens is 1. The van der Waals surface area contributed by atoms with Gasteiger partial charge in [-0.1, -0.05) is 29.8 Å². The van der Waals surface area contributed by atoms with Gasteiger partial charge in [0.2, 0.25) is 0 Å². The SMILES string of the molecule is COc1ccc2[nH]cc(C=C(NC(=O)c3ccccc3)C(=O)Nc3cc(Cl)ccc3OC)c2c1. The maximum Gasteiger partial charge on any atom is 0.272 e. The molecule has 0 fully saturated rings. The maximum absolute atomic E-state index is 13.3. The standard InChI is InChI=1S/C26H22ClN3O4/c1-33-19-9-10-21-20(14-19)17(15-28-21)12-23(30-25(31)16-6-4-3-5-7-16)26(32)29-22-13-18(27)8-11-24(22)34-2/h3-15,28H,1-2H3,(H,29,32)(H,30,31). The molecule has 1 aromatic heterocycles. The molecule has 0 aliphatic rings. The molecule has 8 heteroatoms. The van der Waals surface area contributed by atoms with E-state index >= 15 is 0 Å². The highest BCUT2D eigenvalue weighted by molar-refractivity contribution is 6.31. The van der Waals surface area contributed by atoms with Gasteiger partial charge in [-0.3, -0.25) is 9.59 Å². The number of amides is 2. The molecule has 172 valence electrons. The van der Waals surface area contributed by atoms with Crippen LogP contribution in [0.5, 0.6) is 11.5 Å². The van der Waals surface area contributed by atoms with Crippen LogP contribution in [0, 0.1) is 0 Å². The number of hydrogen-bond acceptors (Lipinski definition) is 4. The van der Waals surface area contributed by atoms with Crippen molar-refractivity contribution in [2.45, 2.75) is 0 Å². The molecule has 0 aliphatic carbocycles. The van der Waals surface area contributed by atoms with Crippen LogP contribution in [0.15, 0.2) is 78.6 Å². The molecule has 0 atom stereocenters. The van der Waals surface area contributed by atoms with Gasteiger partial charge in [0, 0.05) is 33.2 Å². The Morgan fingerprint density at radius 1 is 0.971 bits per heavy atom. The van der Waals surface area contributed by atoms with Crippen LogP contribution >= 0.6 is 11.6 Å². The number of fused-ring (bicyclic) bond motifs is 1. The van der Waals surface area contributed by atoms with Crippen molar-refractivity contribution in [2.75, 3.05) is 19.5 Å². The molecule has 0 spiro atoms. The number of methoxy groups -OCH3 is 2. The molecule has 0 aliphatic heterocycles. The first-order chi connectivity index (χ1) is 16.5. The number of carbonyl (C=O) groups excluding carboxylic acids is 2. The van der Waals surface area contributed by atoms with Gasteiger partial charge in [0.25, 0.3) is 11.8 Å². The molecule has 2 amide bonds. The van der Waals surface area contributed by atoms with Gasteiger partial charge in [0.1, 0.15) is 17.2 Å². The van der Waals surface area contributed by atoms with Gasteiger partial charge in [0.15, 0.2) is 0 Å². The molecule has 7 nitrogen and oxygen atoms in total. The molecule has 0 bridgehead atoms. The number of ether oxygens (including phenoxy) is 2. The van der Waals surface area contributed by atoms with Crippen molar-refractivity contribution in [1.82, 2.24) is 10.3 Å². The molecule has 4 aromatic rings. The van der Waals surface area contributed by atoms with E-state index in [1.165, 1.54) is 7.11 Å². The van der Waals surface area contributed by atoms with Crippen molar-refractivity contribution in [3.63, 3.8) is 0 Å². The lowest BCUT2D eigenvalue weighted by Crippen LogP contribution is -2.30. The molecule has 3 N–H and O–H groups in total. The highest BCUT2D eigenvalue weighted by Gasteiger charge is 2.18. The number of rotatable bonds is 7. The Labute approximate surface area is 201 Å². The highest BCUT2D eigenvalue weighted by Crippen LogP contribution is 2.29. The fraction of sp³-hybridized carbons (Fsp3) is 0.0769. The van der Waals surface area contributed by atoms with Gasteiger partial charge in [0.05, 0.1) is 19.9 Å². The van der Waals surface area contributed by atoms with Gasteiger partial charge < -0.3 is 25.1 Å². The summed E-state index contributed by atoms with van der Waals surface area (Å²) in [6, 6.07) is 19.1. The second kappa shape index (κ2) is 10.1. The van der Waals surface area contributed by atoms with Crippen molar-refractivity contribution in [3.8, 4) is 11.5 Å². The van der Waals surface area contributed by atoms with Crippen LogP contribution in [0.2, 0.25) is 5.02 Å². The average molecular weight is 476 g/mol. The molecular weight excluding hydrogens is 454 g/mol. The van der Waals surface area contributed by atoms with Crippen molar-refractivity contribution in [2.24, 2.45) is 0 Å². The Balaban J connectivity index is 1.73. The van der Waals surface area contributed by atoms with Gasteiger partial charge in [-0.15, -0.1) is 0 Å². The largest absolute Gasteiger partial charge is 0.497 e. The van der Waals surface area contributed by atoms with Crippen LogP contribution in [0.3, 0.4) is 0 Å². The molecule has 34 heavy (non-hydrogen) atoms. The van der Waals surface area contributed by atoms with E-state index in [1.807, 2.05) is 24.3 Å². The Morgan fingerprint density at radius 3 is 2.50 bits per heavy atom. The highest BCUT2D eigenvalue weighted by atomic mass is 35.5. The quantitative estimate of drug-likeness (QED) is 0.318. The van der Waals surface area contributed by atoms with Crippen LogP contribution in [0.25, 0.3) is 17.0 Å².